The molecule has 1 heterocycles. The van der Waals surface area contributed by atoms with E-state index in [-0.39, 0.29) is 24.4 Å². The van der Waals surface area contributed by atoms with Gasteiger partial charge in [-0.25, -0.2) is 0 Å². The minimum Gasteiger partial charge on any atom is -0.366 e. The highest BCUT2D eigenvalue weighted by atomic mass is 35.5. The van der Waals surface area contributed by atoms with Crippen LogP contribution in [-0.4, -0.2) is 49.2 Å². The summed E-state index contributed by atoms with van der Waals surface area (Å²) >= 11 is 0. The van der Waals surface area contributed by atoms with E-state index in [1.165, 1.54) is 25.7 Å². The molecule has 0 spiro atoms. The zero-order valence-corrected chi connectivity index (χ0v) is 12.9. The van der Waals surface area contributed by atoms with Crippen LogP contribution in [0.4, 0.5) is 0 Å². The van der Waals surface area contributed by atoms with Crippen LogP contribution in [0.15, 0.2) is 0 Å². The Labute approximate surface area is 122 Å². The molecule has 112 valence electrons. The summed E-state index contributed by atoms with van der Waals surface area (Å²) in [5.74, 6) is 0.717. The standard InChI is InChI=1S/C14H26N2O2.ClH/c1-11(2)10-16(12-5-3-4-6-12)14(17)13-9-15-7-8-18-13;/h11-13,15H,3-10H2,1-2H3;1H. The zero-order valence-electron chi connectivity index (χ0n) is 12.1. The minimum absolute atomic E-state index is 0. The van der Waals surface area contributed by atoms with Crippen molar-refractivity contribution in [1.29, 1.82) is 0 Å². The zero-order chi connectivity index (χ0) is 13.0. The third-order valence-electron chi connectivity index (χ3n) is 3.81. The van der Waals surface area contributed by atoms with Gasteiger partial charge in [-0.1, -0.05) is 26.7 Å². The molecule has 1 saturated heterocycles. The first-order valence-electron chi connectivity index (χ1n) is 7.31. The Kier molecular flexibility index (Phi) is 7.11. The third-order valence-corrected chi connectivity index (χ3v) is 3.81. The number of rotatable bonds is 4. The van der Waals surface area contributed by atoms with Gasteiger partial charge in [-0.2, -0.15) is 0 Å². The highest BCUT2D eigenvalue weighted by molar-refractivity contribution is 5.85. The van der Waals surface area contributed by atoms with Gasteiger partial charge < -0.3 is 15.0 Å². The largest absolute Gasteiger partial charge is 0.366 e. The molecule has 1 aliphatic heterocycles. The van der Waals surface area contributed by atoms with Crippen LogP contribution in [0.1, 0.15) is 39.5 Å². The third kappa shape index (κ3) is 4.62. The molecule has 0 aromatic carbocycles. The van der Waals surface area contributed by atoms with E-state index < -0.39 is 0 Å². The molecule has 2 rings (SSSR count). The van der Waals surface area contributed by atoms with Crippen LogP contribution < -0.4 is 5.32 Å². The highest BCUT2D eigenvalue weighted by Crippen LogP contribution is 2.25. The maximum atomic E-state index is 12.6. The second-order valence-electron chi connectivity index (χ2n) is 5.89. The Bertz CT molecular complexity index is 275. The molecule has 5 heteroatoms. The quantitative estimate of drug-likeness (QED) is 0.859. The van der Waals surface area contributed by atoms with Crippen molar-refractivity contribution in [1.82, 2.24) is 10.2 Å². The number of carbonyl (C=O) groups is 1. The van der Waals surface area contributed by atoms with Crippen molar-refractivity contribution in [3.8, 4) is 0 Å². The normalized spacial score (nSPS) is 24.3. The average Bonchev–Trinajstić information content (AvgIpc) is 2.89. The number of hydrogen-bond acceptors (Lipinski definition) is 3. The van der Waals surface area contributed by atoms with Gasteiger partial charge in [-0.3, -0.25) is 4.79 Å². The van der Waals surface area contributed by atoms with Crippen LogP contribution >= 0.6 is 12.4 Å². The molecule has 0 aromatic heterocycles. The van der Waals surface area contributed by atoms with Gasteiger partial charge in [0.1, 0.15) is 6.10 Å². The Morgan fingerprint density at radius 3 is 2.58 bits per heavy atom. The lowest BCUT2D eigenvalue weighted by Crippen LogP contribution is -2.52. The molecular formula is C14H27ClN2O2. The lowest BCUT2D eigenvalue weighted by atomic mass is 10.1. The predicted molar refractivity (Wildman–Crippen MR) is 78.7 cm³/mol. The lowest BCUT2D eigenvalue weighted by Gasteiger charge is -2.35. The first-order chi connectivity index (χ1) is 8.68. The molecule has 1 atom stereocenters. The topological polar surface area (TPSA) is 41.6 Å². The van der Waals surface area contributed by atoms with E-state index in [4.69, 9.17) is 4.74 Å². The van der Waals surface area contributed by atoms with Crippen molar-refractivity contribution < 1.29 is 9.53 Å². The SMILES string of the molecule is CC(C)CN(C(=O)C1CNCCO1)C1CCCC1.Cl. The molecular weight excluding hydrogens is 264 g/mol. The monoisotopic (exact) mass is 290 g/mol. The summed E-state index contributed by atoms with van der Waals surface area (Å²) in [6, 6.07) is 0.449. The number of nitrogens with zero attached hydrogens (tertiary/aromatic N) is 1. The summed E-state index contributed by atoms with van der Waals surface area (Å²) in [7, 11) is 0. The number of halogens is 1. The number of nitrogens with one attached hydrogen (secondary N) is 1. The van der Waals surface area contributed by atoms with E-state index >= 15 is 0 Å². The molecule has 0 aromatic rings. The van der Waals surface area contributed by atoms with Crippen LogP contribution in [0.3, 0.4) is 0 Å². The molecule has 1 aliphatic carbocycles. The van der Waals surface area contributed by atoms with E-state index in [0.29, 0.717) is 25.1 Å². The Morgan fingerprint density at radius 1 is 1.37 bits per heavy atom. The van der Waals surface area contributed by atoms with Gasteiger partial charge in [0.25, 0.3) is 5.91 Å². The number of hydrogen-bond donors (Lipinski definition) is 1. The van der Waals surface area contributed by atoms with E-state index in [0.717, 1.165) is 13.1 Å². The molecule has 4 nitrogen and oxygen atoms in total. The van der Waals surface area contributed by atoms with Crippen LogP contribution in [0.5, 0.6) is 0 Å². The van der Waals surface area contributed by atoms with Crippen molar-refractivity contribution in [2.24, 2.45) is 5.92 Å². The van der Waals surface area contributed by atoms with Crippen molar-refractivity contribution in [2.45, 2.75) is 51.7 Å². The first kappa shape index (κ1) is 16.7. The molecule has 1 unspecified atom stereocenters. The minimum atomic E-state index is -0.266. The van der Waals surface area contributed by atoms with Crippen molar-refractivity contribution in [2.75, 3.05) is 26.2 Å². The van der Waals surface area contributed by atoms with Gasteiger partial charge in [0.15, 0.2) is 0 Å². The van der Waals surface area contributed by atoms with Crippen LogP contribution in [-0.2, 0) is 9.53 Å². The second kappa shape index (κ2) is 8.08. The van der Waals surface area contributed by atoms with E-state index in [2.05, 4.69) is 24.1 Å². The maximum Gasteiger partial charge on any atom is 0.253 e. The van der Waals surface area contributed by atoms with E-state index in [1.54, 1.807) is 0 Å². The molecule has 1 amide bonds. The number of morpholine rings is 1. The Morgan fingerprint density at radius 2 is 2.05 bits per heavy atom. The molecule has 2 fully saturated rings. The fourth-order valence-electron chi connectivity index (χ4n) is 2.94. The summed E-state index contributed by atoms with van der Waals surface area (Å²) in [4.78, 5) is 14.7. The lowest BCUT2D eigenvalue weighted by molar-refractivity contribution is -0.148. The van der Waals surface area contributed by atoms with Crippen LogP contribution in [0.25, 0.3) is 0 Å². The van der Waals surface area contributed by atoms with Gasteiger partial charge in [0.2, 0.25) is 0 Å². The highest BCUT2D eigenvalue weighted by Gasteiger charge is 2.32. The summed E-state index contributed by atoms with van der Waals surface area (Å²) in [5.41, 5.74) is 0. The number of carbonyl (C=O) groups excluding carboxylic acids is 1. The number of ether oxygens (including phenoxy) is 1. The molecule has 0 bridgehead atoms. The fourth-order valence-corrected chi connectivity index (χ4v) is 2.94. The summed E-state index contributed by atoms with van der Waals surface area (Å²) < 4.78 is 5.61. The molecule has 1 saturated carbocycles. The first-order valence-corrected chi connectivity index (χ1v) is 7.31. The predicted octanol–water partition coefficient (Wildman–Crippen LogP) is 1.82. The van der Waals surface area contributed by atoms with Crippen molar-refractivity contribution >= 4 is 18.3 Å². The van der Waals surface area contributed by atoms with E-state index in [1.807, 2.05) is 0 Å². The van der Waals surface area contributed by atoms with Crippen LogP contribution in [0, 0.1) is 5.92 Å². The van der Waals surface area contributed by atoms with Crippen molar-refractivity contribution in [3.63, 3.8) is 0 Å². The average molecular weight is 291 g/mol. The smallest absolute Gasteiger partial charge is 0.253 e. The van der Waals surface area contributed by atoms with Crippen molar-refractivity contribution in [3.05, 3.63) is 0 Å². The van der Waals surface area contributed by atoms with Gasteiger partial charge in [0, 0.05) is 25.7 Å². The number of amides is 1. The summed E-state index contributed by atoms with van der Waals surface area (Å²) in [6.07, 6.45) is 4.59. The van der Waals surface area contributed by atoms with E-state index in [9.17, 15) is 4.79 Å². The Balaban J connectivity index is 0.00000180. The summed E-state index contributed by atoms with van der Waals surface area (Å²) in [5, 5.41) is 3.24. The van der Waals surface area contributed by atoms with Gasteiger partial charge in [-0.15, -0.1) is 12.4 Å². The van der Waals surface area contributed by atoms with Gasteiger partial charge in [-0.05, 0) is 18.8 Å². The summed E-state index contributed by atoms with van der Waals surface area (Å²) in [6.45, 7) is 7.39. The maximum absolute atomic E-state index is 12.6. The molecule has 1 N–H and O–H groups in total. The Hall–Kier alpha value is -0.320. The van der Waals surface area contributed by atoms with Crippen LogP contribution in [0.2, 0.25) is 0 Å². The van der Waals surface area contributed by atoms with Gasteiger partial charge in [0.05, 0.1) is 6.61 Å². The molecule has 2 aliphatic rings. The molecule has 0 radical (unpaired) electrons. The fraction of sp³-hybridized carbons (Fsp3) is 0.929. The van der Waals surface area contributed by atoms with Gasteiger partial charge >= 0.3 is 0 Å². The molecule has 19 heavy (non-hydrogen) atoms. The second-order valence-corrected chi connectivity index (χ2v) is 5.89.